The summed E-state index contributed by atoms with van der Waals surface area (Å²) in [6.07, 6.45) is 1.55. The largest absolute Gasteiger partial charge is 0.383 e. The van der Waals surface area contributed by atoms with Crippen molar-refractivity contribution in [2.75, 3.05) is 41.8 Å². The lowest BCUT2D eigenvalue weighted by Gasteiger charge is -2.14. The summed E-state index contributed by atoms with van der Waals surface area (Å²) in [4.78, 5) is 10.2. The fourth-order valence-electron chi connectivity index (χ4n) is 1.70. The predicted molar refractivity (Wildman–Crippen MR) is 88.9 cm³/mol. The summed E-state index contributed by atoms with van der Waals surface area (Å²) in [6.45, 7) is 2.29. The highest BCUT2D eigenvalue weighted by molar-refractivity contribution is 7.80. The van der Waals surface area contributed by atoms with Crippen molar-refractivity contribution in [1.82, 2.24) is 5.32 Å². The first kappa shape index (κ1) is 16.0. The number of hydrogen-bond donors (Lipinski definition) is 5. The van der Waals surface area contributed by atoms with Crippen LogP contribution >= 0.6 is 25.3 Å². The Balaban J connectivity index is 2.71. The highest BCUT2D eigenvalue weighted by atomic mass is 32.1. The summed E-state index contributed by atoms with van der Waals surface area (Å²) < 4.78 is 0. The van der Waals surface area contributed by atoms with Crippen molar-refractivity contribution >= 4 is 43.0 Å². The van der Waals surface area contributed by atoms with Crippen LogP contribution < -0.4 is 16.0 Å². The molecule has 19 heavy (non-hydrogen) atoms. The third kappa shape index (κ3) is 6.11. The number of carbonyl (C=O) groups excluding carboxylic acids is 1. The molecule has 1 aromatic rings. The number of nitrogens with one attached hydrogen (secondary N) is 3. The quantitative estimate of drug-likeness (QED) is 0.259. The van der Waals surface area contributed by atoms with Crippen LogP contribution in [0.15, 0.2) is 18.2 Å². The molecule has 0 aromatic heterocycles. The van der Waals surface area contributed by atoms with E-state index in [9.17, 15) is 4.79 Å². The zero-order valence-corrected chi connectivity index (χ0v) is 12.6. The second-order valence-electron chi connectivity index (χ2n) is 4.00. The molecule has 4 nitrogen and oxygen atoms in total. The molecule has 0 aliphatic carbocycles. The van der Waals surface area contributed by atoms with E-state index < -0.39 is 0 Å². The van der Waals surface area contributed by atoms with Crippen molar-refractivity contribution in [2.24, 2.45) is 0 Å². The third-order valence-corrected chi connectivity index (χ3v) is 3.03. The Morgan fingerprint density at radius 3 is 2.32 bits per heavy atom. The van der Waals surface area contributed by atoms with Gasteiger partial charge in [-0.1, -0.05) is 6.07 Å². The SMILES string of the molecule is O=CNCCc1ccc(NCCS)c(NCCS)c1. The first-order valence-corrected chi connectivity index (χ1v) is 7.57. The Morgan fingerprint density at radius 1 is 1.00 bits per heavy atom. The molecule has 0 saturated heterocycles. The lowest BCUT2D eigenvalue weighted by molar-refractivity contribution is -0.109. The second kappa shape index (κ2) is 9.86. The van der Waals surface area contributed by atoms with Gasteiger partial charge < -0.3 is 16.0 Å². The fourth-order valence-corrected chi connectivity index (χ4v) is 1.93. The molecule has 1 rings (SSSR count). The molecule has 0 heterocycles. The van der Waals surface area contributed by atoms with E-state index in [1.54, 1.807) is 0 Å². The smallest absolute Gasteiger partial charge is 0.207 e. The van der Waals surface area contributed by atoms with Gasteiger partial charge in [-0.15, -0.1) is 0 Å². The molecule has 0 fully saturated rings. The normalized spacial score (nSPS) is 10.0. The minimum absolute atomic E-state index is 0.652. The van der Waals surface area contributed by atoms with E-state index in [1.807, 2.05) is 0 Å². The summed E-state index contributed by atoms with van der Waals surface area (Å²) in [5.41, 5.74) is 3.33. The zero-order chi connectivity index (χ0) is 13.9. The van der Waals surface area contributed by atoms with Gasteiger partial charge in [0.05, 0.1) is 11.4 Å². The van der Waals surface area contributed by atoms with Crippen LogP contribution in [0, 0.1) is 0 Å². The molecule has 0 unspecified atom stereocenters. The van der Waals surface area contributed by atoms with Gasteiger partial charge in [-0.2, -0.15) is 25.3 Å². The van der Waals surface area contributed by atoms with Crippen molar-refractivity contribution < 1.29 is 4.79 Å². The molecule has 0 aliphatic heterocycles. The highest BCUT2D eigenvalue weighted by Crippen LogP contribution is 2.23. The number of thiol groups is 2. The van der Waals surface area contributed by atoms with Gasteiger partial charge in [0.1, 0.15) is 0 Å². The van der Waals surface area contributed by atoms with E-state index in [0.717, 1.165) is 48.8 Å². The van der Waals surface area contributed by atoms with Gasteiger partial charge >= 0.3 is 0 Å². The van der Waals surface area contributed by atoms with Crippen molar-refractivity contribution in [3.63, 3.8) is 0 Å². The van der Waals surface area contributed by atoms with Crippen molar-refractivity contribution in [1.29, 1.82) is 0 Å². The van der Waals surface area contributed by atoms with E-state index in [4.69, 9.17) is 0 Å². The Kier molecular flexibility index (Phi) is 8.33. The Labute approximate surface area is 125 Å². The number of rotatable bonds is 10. The lowest BCUT2D eigenvalue weighted by Crippen LogP contribution is -2.15. The first-order valence-electron chi connectivity index (χ1n) is 6.31. The zero-order valence-electron chi connectivity index (χ0n) is 10.9. The third-order valence-electron chi connectivity index (χ3n) is 2.58. The summed E-state index contributed by atoms with van der Waals surface area (Å²) in [5.74, 6) is 1.57. The van der Waals surface area contributed by atoms with Gasteiger partial charge in [-0.3, -0.25) is 4.79 Å². The average Bonchev–Trinajstić information content (AvgIpc) is 2.44. The molecule has 0 atom stereocenters. The minimum Gasteiger partial charge on any atom is -0.383 e. The van der Waals surface area contributed by atoms with Crippen LogP contribution in [0.1, 0.15) is 5.56 Å². The van der Waals surface area contributed by atoms with Gasteiger partial charge in [-0.25, -0.2) is 0 Å². The van der Waals surface area contributed by atoms with Crippen LogP contribution in [0.4, 0.5) is 11.4 Å². The van der Waals surface area contributed by atoms with Crippen LogP contribution in [-0.4, -0.2) is 37.6 Å². The summed E-state index contributed by atoms with van der Waals surface area (Å²) in [7, 11) is 0. The summed E-state index contributed by atoms with van der Waals surface area (Å²) in [6, 6.07) is 6.23. The van der Waals surface area contributed by atoms with E-state index in [1.165, 1.54) is 5.56 Å². The Hall–Kier alpha value is -1.01. The number of carbonyl (C=O) groups is 1. The van der Waals surface area contributed by atoms with E-state index in [-0.39, 0.29) is 0 Å². The van der Waals surface area contributed by atoms with Gasteiger partial charge in [0.25, 0.3) is 0 Å². The summed E-state index contributed by atoms with van der Waals surface area (Å²) >= 11 is 8.40. The van der Waals surface area contributed by atoms with Gasteiger partial charge in [0.15, 0.2) is 0 Å². The lowest BCUT2D eigenvalue weighted by atomic mass is 10.1. The maximum atomic E-state index is 10.2. The van der Waals surface area contributed by atoms with Crippen LogP contribution in [0.5, 0.6) is 0 Å². The minimum atomic E-state index is 0.652. The van der Waals surface area contributed by atoms with Crippen molar-refractivity contribution in [2.45, 2.75) is 6.42 Å². The molecule has 106 valence electrons. The topological polar surface area (TPSA) is 53.2 Å². The number of hydrogen-bond acceptors (Lipinski definition) is 5. The first-order chi connectivity index (χ1) is 9.31. The van der Waals surface area contributed by atoms with Crippen molar-refractivity contribution in [3.8, 4) is 0 Å². The van der Waals surface area contributed by atoms with Crippen LogP contribution in [-0.2, 0) is 11.2 Å². The average molecular weight is 299 g/mol. The number of benzene rings is 1. The molecule has 6 heteroatoms. The molecule has 0 aliphatic rings. The molecular formula is C13H21N3OS2. The van der Waals surface area contributed by atoms with Crippen LogP contribution in [0.2, 0.25) is 0 Å². The maximum absolute atomic E-state index is 10.2. The molecule has 1 amide bonds. The second-order valence-corrected chi connectivity index (χ2v) is 4.90. The molecule has 0 bridgehead atoms. The van der Waals surface area contributed by atoms with Crippen LogP contribution in [0.25, 0.3) is 0 Å². The Morgan fingerprint density at radius 2 is 1.68 bits per heavy atom. The van der Waals surface area contributed by atoms with Gasteiger partial charge in [0.2, 0.25) is 6.41 Å². The maximum Gasteiger partial charge on any atom is 0.207 e. The van der Waals surface area contributed by atoms with Gasteiger partial charge in [0, 0.05) is 31.1 Å². The fraction of sp³-hybridized carbons (Fsp3) is 0.462. The van der Waals surface area contributed by atoms with E-state index >= 15 is 0 Å². The molecule has 0 radical (unpaired) electrons. The highest BCUT2D eigenvalue weighted by Gasteiger charge is 2.03. The molecule has 3 N–H and O–H groups in total. The Bertz CT molecular complexity index is 388. The summed E-state index contributed by atoms with van der Waals surface area (Å²) in [5, 5.41) is 9.35. The molecular weight excluding hydrogens is 278 g/mol. The number of anilines is 2. The van der Waals surface area contributed by atoms with Crippen LogP contribution in [0.3, 0.4) is 0 Å². The van der Waals surface area contributed by atoms with E-state index in [2.05, 4.69) is 59.4 Å². The molecule has 1 aromatic carbocycles. The molecule has 0 spiro atoms. The standard InChI is InChI=1S/C13H21N3OS2/c17-10-14-4-3-11-1-2-12(15-5-7-18)13(9-11)16-6-8-19/h1-2,9-10,15-16,18-19H,3-8H2,(H,14,17). The molecule has 0 saturated carbocycles. The number of amides is 1. The van der Waals surface area contributed by atoms with Gasteiger partial charge in [-0.05, 0) is 24.1 Å². The monoisotopic (exact) mass is 299 g/mol. The van der Waals surface area contributed by atoms with E-state index in [0.29, 0.717) is 6.54 Å². The van der Waals surface area contributed by atoms with Crippen molar-refractivity contribution in [3.05, 3.63) is 23.8 Å². The predicted octanol–water partition coefficient (Wildman–Crippen LogP) is 1.66.